The number of hydrogen-bond donors (Lipinski definition) is 0. The number of morpholine rings is 1. The molecule has 2 fully saturated rings. The molecule has 0 radical (unpaired) electrons. The predicted molar refractivity (Wildman–Crippen MR) is 55.6 cm³/mol. The first-order valence-corrected chi connectivity index (χ1v) is 5.72. The van der Waals surface area contributed by atoms with Crippen LogP contribution < -0.4 is 0 Å². The molecule has 0 aromatic heterocycles. The second-order valence-electron chi connectivity index (χ2n) is 4.50. The third-order valence-corrected chi connectivity index (χ3v) is 2.94. The Kier molecular flexibility index (Phi) is 3.26. The van der Waals surface area contributed by atoms with Gasteiger partial charge in [0.25, 0.3) is 5.91 Å². The molecule has 0 N–H and O–H groups in total. The minimum atomic E-state index is -0.192. The molecule has 0 spiro atoms. The van der Waals surface area contributed by atoms with Crippen LogP contribution in [0.2, 0.25) is 0 Å². The Morgan fingerprint density at radius 2 is 1.93 bits per heavy atom. The fraction of sp³-hybridized carbons (Fsp3) is 0.909. The minimum Gasteiger partial charge on any atom is -0.372 e. The lowest BCUT2D eigenvalue weighted by Gasteiger charge is -2.36. The fourth-order valence-electron chi connectivity index (χ4n) is 2.33. The lowest BCUT2D eigenvalue weighted by atomic mass is 10.1. The molecular formula is C11H19NO3. The molecule has 15 heavy (non-hydrogen) atoms. The van der Waals surface area contributed by atoms with Crippen LogP contribution in [0.3, 0.4) is 0 Å². The quantitative estimate of drug-likeness (QED) is 0.646. The van der Waals surface area contributed by atoms with E-state index in [-0.39, 0.29) is 24.2 Å². The average molecular weight is 213 g/mol. The zero-order valence-electron chi connectivity index (χ0n) is 9.44. The Labute approximate surface area is 90.5 Å². The Morgan fingerprint density at radius 3 is 2.47 bits per heavy atom. The summed E-state index contributed by atoms with van der Waals surface area (Å²) < 4.78 is 11.0. The van der Waals surface area contributed by atoms with Gasteiger partial charge >= 0.3 is 0 Å². The summed E-state index contributed by atoms with van der Waals surface area (Å²) in [7, 11) is 0. The highest BCUT2D eigenvalue weighted by Gasteiger charge is 2.32. The van der Waals surface area contributed by atoms with E-state index in [1.807, 2.05) is 18.7 Å². The van der Waals surface area contributed by atoms with E-state index in [2.05, 4.69) is 0 Å². The summed E-state index contributed by atoms with van der Waals surface area (Å²) in [5.74, 6) is 0.148. The lowest BCUT2D eigenvalue weighted by molar-refractivity contribution is -0.152. The van der Waals surface area contributed by atoms with E-state index in [0.717, 1.165) is 19.4 Å². The number of carbonyl (C=O) groups excluding carboxylic acids is 1. The van der Waals surface area contributed by atoms with E-state index in [1.54, 1.807) is 0 Å². The summed E-state index contributed by atoms with van der Waals surface area (Å²) in [5, 5.41) is 0. The number of nitrogens with zero attached hydrogens (tertiary/aromatic N) is 1. The van der Waals surface area contributed by atoms with E-state index in [1.165, 1.54) is 0 Å². The summed E-state index contributed by atoms with van der Waals surface area (Å²) in [4.78, 5) is 13.9. The molecule has 0 aliphatic carbocycles. The smallest absolute Gasteiger partial charge is 0.251 e. The van der Waals surface area contributed by atoms with Crippen molar-refractivity contribution >= 4 is 5.91 Å². The number of amides is 1. The molecule has 4 heteroatoms. The minimum absolute atomic E-state index is 0.138. The van der Waals surface area contributed by atoms with Crippen LogP contribution in [0.15, 0.2) is 0 Å². The highest BCUT2D eigenvalue weighted by molar-refractivity contribution is 5.81. The number of hydrogen-bond acceptors (Lipinski definition) is 3. The molecule has 0 saturated carbocycles. The van der Waals surface area contributed by atoms with Gasteiger partial charge in [-0.05, 0) is 26.7 Å². The molecule has 2 heterocycles. The molecule has 2 rings (SSSR count). The first-order valence-electron chi connectivity index (χ1n) is 5.72. The molecule has 1 amide bonds. The van der Waals surface area contributed by atoms with Gasteiger partial charge in [0.05, 0.1) is 12.2 Å². The summed E-state index contributed by atoms with van der Waals surface area (Å²) in [6.45, 7) is 6.13. The van der Waals surface area contributed by atoms with Crippen molar-refractivity contribution in [1.82, 2.24) is 4.90 Å². The zero-order valence-corrected chi connectivity index (χ0v) is 9.44. The van der Waals surface area contributed by atoms with Crippen LogP contribution in [0.4, 0.5) is 0 Å². The van der Waals surface area contributed by atoms with Gasteiger partial charge in [-0.3, -0.25) is 4.79 Å². The van der Waals surface area contributed by atoms with Gasteiger partial charge in [-0.2, -0.15) is 0 Å². The van der Waals surface area contributed by atoms with Crippen molar-refractivity contribution in [3.63, 3.8) is 0 Å². The van der Waals surface area contributed by atoms with Gasteiger partial charge in [0.2, 0.25) is 0 Å². The lowest BCUT2D eigenvalue weighted by Crippen LogP contribution is -2.51. The fourth-order valence-corrected chi connectivity index (χ4v) is 2.33. The van der Waals surface area contributed by atoms with E-state index in [0.29, 0.717) is 13.1 Å². The SMILES string of the molecule is C[C@@H]1CN(C(=O)[C@H]2CCCO2)C[C@@H](C)O1. The third kappa shape index (κ3) is 2.49. The van der Waals surface area contributed by atoms with Crippen LogP contribution >= 0.6 is 0 Å². The van der Waals surface area contributed by atoms with E-state index < -0.39 is 0 Å². The van der Waals surface area contributed by atoms with Gasteiger partial charge in [-0.1, -0.05) is 0 Å². The molecule has 0 aromatic carbocycles. The maximum atomic E-state index is 12.0. The van der Waals surface area contributed by atoms with Crippen molar-refractivity contribution < 1.29 is 14.3 Å². The maximum Gasteiger partial charge on any atom is 0.251 e. The van der Waals surface area contributed by atoms with Gasteiger partial charge in [-0.15, -0.1) is 0 Å². The van der Waals surface area contributed by atoms with Crippen molar-refractivity contribution in [2.45, 2.75) is 45.0 Å². The summed E-state index contributed by atoms with van der Waals surface area (Å²) >= 11 is 0. The Balaban J connectivity index is 1.93. The van der Waals surface area contributed by atoms with E-state index in [4.69, 9.17) is 9.47 Å². The molecular weight excluding hydrogens is 194 g/mol. The van der Waals surface area contributed by atoms with Gasteiger partial charge in [-0.25, -0.2) is 0 Å². The topological polar surface area (TPSA) is 38.8 Å². The Morgan fingerprint density at radius 1 is 1.27 bits per heavy atom. The van der Waals surface area contributed by atoms with Crippen molar-refractivity contribution in [3.05, 3.63) is 0 Å². The van der Waals surface area contributed by atoms with Crippen molar-refractivity contribution in [3.8, 4) is 0 Å². The van der Waals surface area contributed by atoms with Crippen molar-refractivity contribution in [2.24, 2.45) is 0 Å². The molecule has 2 saturated heterocycles. The molecule has 0 bridgehead atoms. The van der Waals surface area contributed by atoms with Gasteiger partial charge in [0, 0.05) is 19.7 Å². The monoisotopic (exact) mass is 213 g/mol. The molecule has 4 nitrogen and oxygen atoms in total. The second kappa shape index (κ2) is 4.49. The number of carbonyl (C=O) groups is 1. The first kappa shape index (κ1) is 10.9. The molecule has 0 unspecified atom stereocenters. The largest absolute Gasteiger partial charge is 0.372 e. The van der Waals surface area contributed by atoms with E-state index in [9.17, 15) is 4.79 Å². The molecule has 86 valence electrons. The summed E-state index contributed by atoms with van der Waals surface area (Å²) in [5.41, 5.74) is 0. The molecule has 2 aliphatic rings. The summed E-state index contributed by atoms with van der Waals surface area (Å²) in [6, 6.07) is 0. The highest BCUT2D eigenvalue weighted by atomic mass is 16.5. The predicted octanol–water partition coefficient (Wildman–Crippen LogP) is 0.801. The van der Waals surface area contributed by atoms with Gasteiger partial charge < -0.3 is 14.4 Å². The van der Waals surface area contributed by atoms with Crippen LogP contribution in [0.5, 0.6) is 0 Å². The molecule has 0 aromatic rings. The van der Waals surface area contributed by atoms with E-state index >= 15 is 0 Å². The second-order valence-corrected chi connectivity index (χ2v) is 4.50. The molecule has 3 atom stereocenters. The van der Waals surface area contributed by atoms with Gasteiger partial charge in [0.15, 0.2) is 0 Å². The number of ether oxygens (including phenoxy) is 2. The Hall–Kier alpha value is -0.610. The van der Waals surface area contributed by atoms with Crippen LogP contribution in [-0.2, 0) is 14.3 Å². The van der Waals surface area contributed by atoms with Crippen LogP contribution in [0.1, 0.15) is 26.7 Å². The summed E-state index contributed by atoms with van der Waals surface area (Å²) in [6.07, 6.45) is 1.96. The number of rotatable bonds is 1. The maximum absolute atomic E-state index is 12.0. The third-order valence-electron chi connectivity index (χ3n) is 2.94. The van der Waals surface area contributed by atoms with Crippen LogP contribution in [-0.4, -0.2) is 48.8 Å². The zero-order chi connectivity index (χ0) is 10.8. The van der Waals surface area contributed by atoms with Crippen LogP contribution in [0.25, 0.3) is 0 Å². The van der Waals surface area contributed by atoms with Gasteiger partial charge in [0.1, 0.15) is 6.10 Å². The average Bonchev–Trinajstić information content (AvgIpc) is 2.67. The standard InChI is InChI=1S/C11H19NO3/c1-8-6-12(7-9(2)15-8)11(13)10-4-3-5-14-10/h8-10H,3-7H2,1-2H3/t8-,9-,10-/m1/s1. The normalized spacial score (nSPS) is 36.9. The van der Waals surface area contributed by atoms with Crippen LogP contribution in [0, 0.1) is 0 Å². The highest BCUT2D eigenvalue weighted by Crippen LogP contribution is 2.18. The van der Waals surface area contributed by atoms with Crippen molar-refractivity contribution in [1.29, 1.82) is 0 Å². The van der Waals surface area contributed by atoms with Crippen molar-refractivity contribution in [2.75, 3.05) is 19.7 Å². The first-order chi connectivity index (χ1) is 7.16. The molecule has 2 aliphatic heterocycles. The Bertz CT molecular complexity index is 228.